The fourth-order valence-corrected chi connectivity index (χ4v) is 11.2. The van der Waals surface area contributed by atoms with Crippen LogP contribution in [-0.2, 0) is 65.4 Å². The lowest BCUT2D eigenvalue weighted by Gasteiger charge is -2.21. The number of aliphatic hydroxyl groups is 1. The van der Waals surface area contributed by atoms with E-state index in [0.717, 1.165) is 161 Å². The molecule has 0 aliphatic heterocycles. The summed E-state index contributed by atoms with van der Waals surface area (Å²) in [6.07, 6.45) is 76.4. The number of carbonyl (C=O) groups is 4. The third kappa shape index (κ3) is 69.9. The Morgan fingerprint density at radius 3 is 0.959 bits per heavy atom. The molecule has 17 nitrogen and oxygen atoms in total. The van der Waals surface area contributed by atoms with Gasteiger partial charge in [-0.3, -0.25) is 37.3 Å². The van der Waals surface area contributed by atoms with Crippen LogP contribution in [0, 0.1) is 0 Å². The predicted molar refractivity (Wildman–Crippen MR) is 399 cm³/mol. The molecule has 0 rings (SSSR count). The molecule has 0 saturated carbocycles. The molecule has 0 aliphatic carbocycles. The Bertz CT molecular complexity index is 2340. The zero-order chi connectivity index (χ0) is 71.8. The van der Waals surface area contributed by atoms with Crippen molar-refractivity contribution < 1.29 is 80.2 Å². The number of hydrogen-bond acceptors (Lipinski definition) is 15. The maximum Gasteiger partial charge on any atom is 0.472 e. The maximum absolute atomic E-state index is 13.1. The molecule has 0 spiro atoms. The summed E-state index contributed by atoms with van der Waals surface area (Å²) < 4.78 is 68.3. The molecule has 5 atom stereocenters. The van der Waals surface area contributed by atoms with Crippen molar-refractivity contribution in [1.82, 2.24) is 0 Å². The monoisotopic (exact) mass is 1420 g/mol. The molecule has 0 saturated heterocycles. The summed E-state index contributed by atoms with van der Waals surface area (Å²) in [4.78, 5) is 72.7. The van der Waals surface area contributed by atoms with E-state index in [1.54, 1.807) is 0 Å². The summed E-state index contributed by atoms with van der Waals surface area (Å²) in [5.74, 6) is -2.31. The van der Waals surface area contributed by atoms with Crippen molar-refractivity contribution in [3.8, 4) is 0 Å². The quantitative estimate of drug-likeness (QED) is 0.0169. The number of carbonyl (C=O) groups excluding carboxylic acids is 4. The highest BCUT2D eigenvalue weighted by molar-refractivity contribution is 7.47. The molecule has 5 unspecified atom stereocenters. The first-order valence-electron chi connectivity index (χ1n) is 37.8. The number of phosphoric ester groups is 2. The topological polar surface area (TPSA) is 237 Å². The van der Waals surface area contributed by atoms with Gasteiger partial charge in [-0.15, -0.1) is 0 Å². The fraction of sp³-hybridized carbons (Fsp3) is 0.696. The van der Waals surface area contributed by atoms with Gasteiger partial charge in [0, 0.05) is 25.7 Å². The van der Waals surface area contributed by atoms with Crippen LogP contribution < -0.4 is 0 Å². The summed E-state index contributed by atoms with van der Waals surface area (Å²) >= 11 is 0. The molecular weight excluding hydrogens is 1280 g/mol. The van der Waals surface area contributed by atoms with Crippen LogP contribution in [0.3, 0.4) is 0 Å². The molecule has 0 aliphatic rings. The van der Waals surface area contributed by atoms with Crippen LogP contribution in [0.4, 0.5) is 0 Å². The Morgan fingerprint density at radius 2 is 0.582 bits per heavy atom. The highest BCUT2D eigenvalue weighted by Gasteiger charge is 2.30. The van der Waals surface area contributed by atoms with E-state index in [2.05, 4.69) is 131 Å². The molecule has 562 valence electrons. The van der Waals surface area contributed by atoms with Gasteiger partial charge >= 0.3 is 39.5 Å². The second kappa shape index (κ2) is 70.9. The van der Waals surface area contributed by atoms with E-state index in [9.17, 15) is 43.2 Å². The van der Waals surface area contributed by atoms with E-state index in [-0.39, 0.29) is 25.7 Å². The second-order valence-corrected chi connectivity index (χ2v) is 27.8. The molecule has 0 aromatic rings. The number of allylic oxidation sites excluding steroid dienone is 20. The Kier molecular flexibility index (Phi) is 67.6. The first kappa shape index (κ1) is 93.5. The van der Waals surface area contributed by atoms with E-state index in [4.69, 9.17) is 37.0 Å². The molecule has 98 heavy (non-hydrogen) atoms. The number of aliphatic hydroxyl groups excluding tert-OH is 1. The van der Waals surface area contributed by atoms with Gasteiger partial charge in [-0.1, -0.05) is 258 Å². The minimum Gasteiger partial charge on any atom is -0.462 e. The van der Waals surface area contributed by atoms with Gasteiger partial charge in [-0.25, -0.2) is 9.13 Å². The largest absolute Gasteiger partial charge is 0.472 e. The number of phosphoric acid groups is 2. The third-order valence-electron chi connectivity index (χ3n) is 15.4. The van der Waals surface area contributed by atoms with Crippen LogP contribution in [0.2, 0.25) is 0 Å². The Hall–Kier alpha value is -4.54. The average Bonchev–Trinajstić information content (AvgIpc) is 0.992. The molecule has 0 aromatic heterocycles. The summed E-state index contributed by atoms with van der Waals surface area (Å²) in [6.45, 7) is 4.52. The van der Waals surface area contributed by atoms with Crippen molar-refractivity contribution >= 4 is 39.5 Å². The molecule has 0 radical (unpaired) electrons. The minimum absolute atomic E-state index is 0.0327. The fourth-order valence-electron chi connectivity index (χ4n) is 9.61. The molecule has 19 heteroatoms. The SMILES string of the molecule is CC/C=C\C/C=C\C/C=C\C/C=C\C/C=C\C/C=C\CCC(=O)OCC(COP(=O)(O)OCC(O)COP(=O)(O)OCC(COC(=O)CCCCCCC/C=C\C/C=C\CCC)OC(=O)CCCCCCC/C=C\CCCC)OC(=O)CCCCCCC/C=C\CCCCCCCC. The van der Waals surface area contributed by atoms with Crippen LogP contribution in [0.25, 0.3) is 0 Å². The van der Waals surface area contributed by atoms with Gasteiger partial charge in [0.05, 0.1) is 26.4 Å². The van der Waals surface area contributed by atoms with Crippen molar-refractivity contribution in [3.63, 3.8) is 0 Å². The van der Waals surface area contributed by atoms with E-state index in [1.165, 1.54) is 51.4 Å². The molecule has 0 aromatic carbocycles. The number of ether oxygens (including phenoxy) is 4. The standard InChI is InChI=1S/C79H134O17P2/c1-5-9-13-17-21-25-29-32-34-35-36-37-39-41-45-48-52-56-60-64-77(82)90-70-75(96-79(84)66-62-58-54-50-46-42-38-33-30-26-22-18-14-10-6-2)72-94-98(87,88)92-68-73(80)67-91-97(85,86)93-71-74(95-78(83)65-61-57-53-49-43-28-24-20-16-12-8-4)69-89-76(81)63-59-55-51-47-44-40-31-27-23-19-15-11-7-3/h9,13,15,19-21,24-25,27,31-34,36-38,41,45,52,56,73-75,80H,5-8,10-12,14,16-18,22-23,26,28-30,35,39-40,42-44,46-51,53-55,57-72H2,1-4H3,(H,85,86)(H,87,88)/b13-9-,19-15-,24-20-,25-21-,31-27-,34-32-,37-36-,38-33-,45-41-,56-52-. The van der Waals surface area contributed by atoms with E-state index >= 15 is 0 Å². The first-order chi connectivity index (χ1) is 47.7. The maximum atomic E-state index is 13.1. The molecule has 0 amide bonds. The summed E-state index contributed by atoms with van der Waals surface area (Å²) in [5.41, 5.74) is 0. The van der Waals surface area contributed by atoms with Gasteiger partial charge in [0.15, 0.2) is 12.2 Å². The van der Waals surface area contributed by atoms with Crippen LogP contribution in [0.15, 0.2) is 122 Å². The van der Waals surface area contributed by atoms with Crippen molar-refractivity contribution in [3.05, 3.63) is 122 Å². The smallest absolute Gasteiger partial charge is 0.462 e. The van der Waals surface area contributed by atoms with Crippen molar-refractivity contribution in [1.29, 1.82) is 0 Å². The lowest BCUT2D eigenvalue weighted by Crippen LogP contribution is -2.30. The third-order valence-corrected chi connectivity index (χ3v) is 17.3. The van der Waals surface area contributed by atoms with Crippen LogP contribution in [-0.4, -0.2) is 96.7 Å². The molecule has 3 N–H and O–H groups in total. The van der Waals surface area contributed by atoms with Gasteiger partial charge in [-0.05, 0) is 135 Å². The Morgan fingerprint density at radius 1 is 0.296 bits per heavy atom. The number of rotatable bonds is 70. The molecular formula is C79H134O17P2. The normalized spacial score (nSPS) is 14.6. The van der Waals surface area contributed by atoms with Crippen LogP contribution in [0.1, 0.15) is 297 Å². The van der Waals surface area contributed by atoms with Gasteiger partial charge in [0.1, 0.15) is 19.3 Å². The number of esters is 4. The van der Waals surface area contributed by atoms with Crippen LogP contribution in [0.5, 0.6) is 0 Å². The van der Waals surface area contributed by atoms with E-state index < -0.39 is 97.5 Å². The van der Waals surface area contributed by atoms with Crippen LogP contribution >= 0.6 is 15.6 Å². The van der Waals surface area contributed by atoms with Gasteiger partial charge in [0.2, 0.25) is 0 Å². The van der Waals surface area contributed by atoms with E-state index in [0.29, 0.717) is 32.1 Å². The lowest BCUT2D eigenvalue weighted by molar-refractivity contribution is -0.161. The molecule has 0 bridgehead atoms. The highest BCUT2D eigenvalue weighted by Crippen LogP contribution is 2.45. The van der Waals surface area contributed by atoms with Crippen molar-refractivity contribution in [2.45, 2.75) is 316 Å². The van der Waals surface area contributed by atoms with Gasteiger partial charge < -0.3 is 33.8 Å². The highest BCUT2D eigenvalue weighted by atomic mass is 31.2. The second-order valence-electron chi connectivity index (χ2n) is 24.8. The summed E-state index contributed by atoms with van der Waals surface area (Å²) in [7, 11) is -9.97. The average molecular weight is 1420 g/mol. The number of hydrogen-bond donors (Lipinski definition) is 3. The lowest BCUT2D eigenvalue weighted by atomic mass is 10.1. The van der Waals surface area contributed by atoms with Gasteiger partial charge in [0.25, 0.3) is 0 Å². The molecule has 0 heterocycles. The zero-order valence-corrected chi connectivity index (χ0v) is 63.0. The zero-order valence-electron chi connectivity index (χ0n) is 61.2. The molecule has 0 fully saturated rings. The van der Waals surface area contributed by atoms with Crippen molar-refractivity contribution in [2.24, 2.45) is 0 Å². The van der Waals surface area contributed by atoms with Gasteiger partial charge in [-0.2, -0.15) is 0 Å². The minimum atomic E-state index is -4.99. The predicted octanol–water partition coefficient (Wildman–Crippen LogP) is 21.6. The Balaban J connectivity index is 5.41. The summed E-state index contributed by atoms with van der Waals surface area (Å²) in [5, 5.41) is 10.6. The van der Waals surface area contributed by atoms with Crippen molar-refractivity contribution in [2.75, 3.05) is 39.6 Å². The summed E-state index contributed by atoms with van der Waals surface area (Å²) in [6, 6.07) is 0. The number of unbranched alkanes of at least 4 members (excludes halogenated alkanes) is 24. The first-order valence-corrected chi connectivity index (χ1v) is 40.8. The van der Waals surface area contributed by atoms with E-state index in [1.807, 2.05) is 18.2 Å². The Labute approximate surface area is 593 Å².